The van der Waals surface area contributed by atoms with Crippen LogP contribution in [0.5, 0.6) is 5.75 Å². The fourth-order valence-electron chi connectivity index (χ4n) is 2.77. The Kier molecular flexibility index (Phi) is 4.05. The van der Waals surface area contributed by atoms with E-state index in [0.717, 1.165) is 11.4 Å². The molecule has 0 saturated carbocycles. The molecule has 0 radical (unpaired) electrons. The Morgan fingerprint density at radius 1 is 1.29 bits per heavy atom. The molecule has 0 saturated heterocycles. The first-order valence-electron chi connectivity index (χ1n) is 7.97. The summed E-state index contributed by atoms with van der Waals surface area (Å²) in [6.07, 6.45) is 1.57. The Hall–Kier alpha value is -2.76. The van der Waals surface area contributed by atoms with E-state index in [-0.39, 0.29) is 18.2 Å². The number of hydrogen-bond acceptors (Lipinski definition) is 3. The van der Waals surface area contributed by atoms with Gasteiger partial charge in [-0.15, -0.1) is 0 Å². The number of nitrogens with one attached hydrogen (secondary N) is 1. The minimum absolute atomic E-state index is 0.0967. The first-order chi connectivity index (χ1) is 11.4. The van der Waals surface area contributed by atoms with Crippen molar-refractivity contribution in [2.24, 2.45) is 7.05 Å². The van der Waals surface area contributed by atoms with E-state index in [1.54, 1.807) is 10.9 Å². The molecule has 126 valence electrons. The van der Waals surface area contributed by atoms with E-state index in [9.17, 15) is 9.90 Å². The number of imidazole rings is 1. The highest BCUT2D eigenvalue weighted by Crippen LogP contribution is 2.29. The summed E-state index contributed by atoms with van der Waals surface area (Å²) in [7, 11) is 1.84. The first-order valence-corrected chi connectivity index (χ1v) is 7.97. The van der Waals surface area contributed by atoms with E-state index in [0.29, 0.717) is 17.1 Å². The molecule has 0 aliphatic heterocycles. The van der Waals surface area contributed by atoms with Crippen LogP contribution < -0.4 is 5.32 Å². The van der Waals surface area contributed by atoms with Crippen molar-refractivity contribution in [1.29, 1.82) is 0 Å². The lowest BCUT2D eigenvalue weighted by molar-refractivity contribution is -0.116. The number of aryl methyl sites for hydroxylation is 1. The number of amides is 1. The number of carbonyl (C=O) groups is 1. The van der Waals surface area contributed by atoms with Crippen LogP contribution >= 0.6 is 0 Å². The van der Waals surface area contributed by atoms with E-state index >= 15 is 0 Å². The zero-order valence-electron chi connectivity index (χ0n) is 14.4. The number of carbonyl (C=O) groups excluding carboxylic acids is 1. The molecule has 1 amide bonds. The van der Waals surface area contributed by atoms with Gasteiger partial charge < -0.3 is 19.6 Å². The number of hydrogen-bond donors (Lipinski definition) is 2. The van der Waals surface area contributed by atoms with Gasteiger partial charge >= 0.3 is 0 Å². The normalized spacial score (nSPS) is 11.4. The fraction of sp³-hybridized carbons (Fsp3) is 0.333. The van der Waals surface area contributed by atoms with Gasteiger partial charge in [0.2, 0.25) is 5.91 Å². The van der Waals surface area contributed by atoms with Crippen LogP contribution in [-0.4, -0.2) is 25.1 Å². The molecule has 0 aliphatic carbocycles. The number of anilines is 1. The van der Waals surface area contributed by atoms with Crippen molar-refractivity contribution in [3.8, 4) is 5.75 Å². The third-order valence-electron chi connectivity index (χ3n) is 4.38. The van der Waals surface area contributed by atoms with Crippen LogP contribution in [-0.2, 0) is 18.4 Å². The monoisotopic (exact) mass is 326 g/mol. The van der Waals surface area contributed by atoms with Gasteiger partial charge in [-0.3, -0.25) is 4.79 Å². The second-order valence-corrected chi connectivity index (χ2v) is 6.36. The topological polar surface area (TPSA) is 72.1 Å². The third-order valence-corrected chi connectivity index (χ3v) is 4.38. The van der Waals surface area contributed by atoms with Crippen molar-refractivity contribution in [2.75, 3.05) is 5.32 Å². The lowest BCUT2D eigenvalue weighted by Gasteiger charge is -2.09. The summed E-state index contributed by atoms with van der Waals surface area (Å²) >= 11 is 0. The minimum Gasteiger partial charge on any atom is -0.504 e. The second kappa shape index (κ2) is 6.03. The van der Waals surface area contributed by atoms with E-state index in [4.69, 9.17) is 0 Å². The van der Waals surface area contributed by atoms with Gasteiger partial charge in [0.1, 0.15) is 12.1 Å². The van der Waals surface area contributed by atoms with Crippen LogP contribution in [0, 0.1) is 6.92 Å². The van der Waals surface area contributed by atoms with Gasteiger partial charge in [0.15, 0.2) is 11.4 Å². The molecule has 0 atom stereocenters. The maximum absolute atomic E-state index is 12.3. The average molecular weight is 326 g/mol. The van der Waals surface area contributed by atoms with Gasteiger partial charge in [-0.2, -0.15) is 0 Å². The number of rotatable bonds is 4. The standard InChI is InChI=1S/C18H22N4O2/c1-11(2)13-5-7-14(8-6-13)20-15(23)9-22-10-19-18-16(22)17(24)12(3)21(18)4/h5-8,10-11,24H,9H2,1-4H3,(H,20,23). The van der Waals surface area contributed by atoms with E-state index in [1.165, 1.54) is 5.56 Å². The zero-order chi connectivity index (χ0) is 17.4. The predicted octanol–water partition coefficient (Wildman–Crippen LogP) is 3.15. The molecule has 1 aromatic carbocycles. The van der Waals surface area contributed by atoms with Crippen molar-refractivity contribution in [1.82, 2.24) is 14.1 Å². The van der Waals surface area contributed by atoms with Crippen LogP contribution in [0.1, 0.15) is 31.0 Å². The summed E-state index contributed by atoms with van der Waals surface area (Å²) in [5, 5.41) is 13.1. The van der Waals surface area contributed by atoms with Crippen LogP contribution in [0.4, 0.5) is 5.69 Å². The zero-order valence-corrected chi connectivity index (χ0v) is 14.4. The quantitative estimate of drug-likeness (QED) is 0.773. The maximum atomic E-state index is 12.3. The molecule has 2 N–H and O–H groups in total. The van der Waals surface area contributed by atoms with Crippen LogP contribution in [0.3, 0.4) is 0 Å². The Balaban J connectivity index is 1.77. The number of fused-ring (bicyclic) bond motifs is 1. The number of aromatic hydroxyl groups is 1. The average Bonchev–Trinajstić information content (AvgIpc) is 3.04. The van der Waals surface area contributed by atoms with E-state index in [2.05, 4.69) is 24.1 Å². The molecule has 6 nitrogen and oxygen atoms in total. The highest BCUT2D eigenvalue weighted by molar-refractivity contribution is 5.92. The van der Waals surface area contributed by atoms with Crippen LogP contribution in [0.2, 0.25) is 0 Å². The molecule has 0 spiro atoms. The summed E-state index contributed by atoms with van der Waals surface area (Å²) in [4.78, 5) is 16.6. The van der Waals surface area contributed by atoms with Crippen molar-refractivity contribution < 1.29 is 9.90 Å². The van der Waals surface area contributed by atoms with E-state index < -0.39 is 0 Å². The van der Waals surface area contributed by atoms with Gasteiger partial charge in [0, 0.05) is 12.7 Å². The second-order valence-electron chi connectivity index (χ2n) is 6.36. The first kappa shape index (κ1) is 16.1. The van der Waals surface area contributed by atoms with Crippen molar-refractivity contribution in [2.45, 2.75) is 33.2 Å². The highest BCUT2D eigenvalue weighted by atomic mass is 16.3. The molecule has 0 fully saturated rings. The molecule has 2 aromatic heterocycles. The number of nitrogens with zero attached hydrogens (tertiary/aromatic N) is 3. The maximum Gasteiger partial charge on any atom is 0.244 e. The summed E-state index contributed by atoms with van der Waals surface area (Å²) < 4.78 is 3.47. The molecular formula is C18H22N4O2. The lowest BCUT2D eigenvalue weighted by atomic mass is 10.0. The summed E-state index contributed by atoms with van der Waals surface area (Å²) in [6, 6.07) is 7.84. The molecule has 2 heterocycles. The Morgan fingerprint density at radius 2 is 1.96 bits per heavy atom. The highest BCUT2D eigenvalue weighted by Gasteiger charge is 2.17. The molecule has 3 rings (SSSR count). The Morgan fingerprint density at radius 3 is 2.58 bits per heavy atom. The summed E-state index contributed by atoms with van der Waals surface area (Å²) in [5.41, 5.74) is 3.97. The number of benzene rings is 1. The van der Waals surface area contributed by atoms with Crippen molar-refractivity contribution in [3.63, 3.8) is 0 Å². The Labute approximate surface area is 140 Å². The largest absolute Gasteiger partial charge is 0.504 e. The van der Waals surface area contributed by atoms with Gasteiger partial charge in [-0.05, 0) is 30.5 Å². The molecule has 24 heavy (non-hydrogen) atoms. The van der Waals surface area contributed by atoms with Crippen LogP contribution in [0.25, 0.3) is 11.2 Å². The van der Waals surface area contributed by atoms with E-state index in [1.807, 2.05) is 42.8 Å². The predicted molar refractivity (Wildman–Crippen MR) is 94.3 cm³/mol. The van der Waals surface area contributed by atoms with Crippen LogP contribution in [0.15, 0.2) is 30.6 Å². The fourth-order valence-corrected chi connectivity index (χ4v) is 2.77. The minimum atomic E-state index is -0.160. The molecule has 3 aromatic rings. The van der Waals surface area contributed by atoms with Gasteiger partial charge in [0.25, 0.3) is 0 Å². The smallest absolute Gasteiger partial charge is 0.244 e. The van der Waals surface area contributed by atoms with Crippen molar-refractivity contribution in [3.05, 3.63) is 41.9 Å². The molecule has 6 heteroatoms. The van der Waals surface area contributed by atoms with Gasteiger partial charge in [-0.1, -0.05) is 26.0 Å². The van der Waals surface area contributed by atoms with Gasteiger partial charge in [-0.25, -0.2) is 4.98 Å². The summed E-state index contributed by atoms with van der Waals surface area (Å²) in [5.74, 6) is 0.463. The SMILES string of the molecule is Cc1c(O)c2c(ncn2CC(=O)Nc2ccc(C(C)C)cc2)n1C. The lowest BCUT2D eigenvalue weighted by Crippen LogP contribution is -2.18. The molecular weight excluding hydrogens is 304 g/mol. The summed E-state index contributed by atoms with van der Waals surface area (Å²) in [6.45, 7) is 6.18. The van der Waals surface area contributed by atoms with Crippen molar-refractivity contribution >= 4 is 22.8 Å². The van der Waals surface area contributed by atoms with Gasteiger partial charge in [0.05, 0.1) is 12.0 Å². The third kappa shape index (κ3) is 2.75. The Bertz CT molecular complexity index is 888. The number of aromatic nitrogens is 3. The molecule has 0 unspecified atom stereocenters. The molecule has 0 bridgehead atoms. The molecule has 0 aliphatic rings.